The van der Waals surface area contributed by atoms with Crippen LogP contribution in [0.2, 0.25) is 0 Å². The van der Waals surface area contributed by atoms with E-state index in [1.54, 1.807) is 11.3 Å². The Morgan fingerprint density at radius 2 is 2.21 bits per heavy atom. The molecule has 104 valence electrons. The number of carbonyl (C=O) groups excluding carboxylic acids is 1. The molecule has 0 spiro atoms. The summed E-state index contributed by atoms with van der Waals surface area (Å²) in [6.45, 7) is 5.57. The van der Waals surface area contributed by atoms with Gasteiger partial charge in [0.15, 0.2) is 0 Å². The fourth-order valence-electron chi connectivity index (χ4n) is 2.40. The standard InChI is InChI=1S/C14H19NO3S/c1-8(2)15(7-12(16)17)14(18)11-6-10(11)13-9(3)4-5-19-13/h4-5,8,10-11H,6-7H2,1-3H3,(H,16,17). The van der Waals surface area contributed by atoms with Crippen molar-refractivity contribution in [1.29, 1.82) is 0 Å². The molecular weight excluding hydrogens is 262 g/mol. The molecule has 1 N–H and O–H groups in total. The molecule has 0 saturated heterocycles. The summed E-state index contributed by atoms with van der Waals surface area (Å²) in [6.07, 6.45) is 0.850. The molecule has 0 bridgehead atoms. The molecule has 1 fully saturated rings. The Bertz CT molecular complexity index is 495. The summed E-state index contributed by atoms with van der Waals surface area (Å²) in [5, 5.41) is 10.9. The first-order chi connectivity index (χ1) is 8.91. The smallest absolute Gasteiger partial charge is 0.323 e. The lowest BCUT2D eigenvalue weighted by molar-refractivity contribution is -0.146. The molecule has 4 nitrogen and oxygen atoms in total. The van der Waals surface area contributed by atoms with E-state index in [1.807, 2.05) is 19.2 Å². The van der Waals surface area contributed by atoms with Gasteiger partial charge in [0, 0.05) is 22.8 Å². The Morgan fingerprint density at radius 3 is 2.68 bits per heavy atom. The van der Waals surface area contributed by atoms with Crippen LogP contribution in [0.1, 0.15) is 36.6 Å². The highest BCUT2D eigenvalue weighted by molar-refractivity contribution is 7.10. The van der Waals surface area contributed by atoms with Crippen LogP contribution in [0.5, 0.6) is 0 Å². The second-order valence-corrected chi connectivity index (χ2v) is 6.32. The van der Waals surface area contributed by atoms with Crippen molar-refractivity contribution in [3.8, 4) is 0 Å². The Hall–Kier alpha value is -1.36. The number of carbonyl (C=O) groups is 2. The van der Waals surface area contributed by atoms with Gasteiger partial charge in [-0.3, -0.25) is 9.59 Å². The van der Waals surface area contributed by atoms with Crippen molar-refractivity contribution in [2.45, 2.75) is 39.2 Å². The monoisotopic (exact) mass is 281 g/mol. The topological polar surface area (TPSA) is 57.6 Å². The van der Waals surface area contributed by atoms with E-state index in [4.69, 9.17) is 5.11 Å². The first-order valence-corrected chi connectivity index (χ1v) is 7.36. The number of carboxylic acids is 1. The van der Waals surface area contributed by atoms with Gasteiger partial charge in [0.05, 0.1) is 0 Å². The van der Waals surface area contributed by atoms with E-state index in [-0.39, 0.29) is 24.4 Å². The van der Waals surface area contributed by atoms with Gasteiger partial charge in [-0.25, -0.2) is 0 Å². The second kappa shape index (κ2) is 5.33. The van der Waals surface area contributed by atoms with Gasteiger partial charge in [-0.15, -0.1) is 11.3 Å². The van der Waals surface area contributed by atoms with Crippen LogP contribution in [0, 0.1) is 12.8 Å². The predicted octanol–water partition coefficient (Wildman–Crippen LogP) is 2.48. The molecular formula is C14H19NO3S. The number of carboxylic acid groups (broad SMARTS) is 1. The summed E-state index contributed by atoms with van der Waals surface area (Å²) in [6, 6.07) is 1.99. The summed E-state index contributed by atoms with van der Waals surface area (Å²) >= 11 is 1.69. The van der Waals surface area contributed by atoms with Crippen molar-refractivity contribution in [3.63, 3.8) is 0 Å². The van der Waals surface area contributed by atoms with Crippen LogP contribution in [0.4, 0.5) is 0 Å². The minimum absolute atomic E-state index is 0.0183. The lowest BCUT2D eigenvalue weighted by Gasteiger charge is -2.25. The number of hydrogen-bond acceptors (Lipinski definition) is 3. The fraction of sp³-hybridized carbons (Fsp3) is 0.571. The quantitative estimate of drug-likeness (QED) is 0.902. The van der Waals surface area contributed by atoms with Crippen LogP contribution in [0.15, 0.2) is 11.4 Å². The molecule has 1 saturated carbocycles. The highest BCUT2D eigenvalue weighted by Gasteiger charge is 2.47. The number of amides is 1. The van der Waals surface area contributed by atoms with Crippen molar-refractivity contribution < 1.29 is 14.7 Å². The number of nitrogens with zero attached hydrogens (tertiary/aromatic N) is 1. The largest absolute Gasteiger partial charge is 0.480 e. The summed E-state index contributed by atoms with van der Waals surface area (Å²) in [5.41, 5.74) is 1.24. The molecule has 0 radical (unpaired) electrons. The molecule has 1 aromatic heterocycles. The molecule has 1 heterocycles. The van der Waals surface area contributed by atoms with Gasteiger partial charge in [-0.2, -0.15) is 0 Å². The van der Waals surface area contributed by atoms with E-state index < -0.39 is 5.97 Å². The van der Waals surface area contributed by atoms with Crippen molar-refractivity contribution >= 4 is 23.2 Å². The van der Waals surface area contributed by atoms with E-state index in [1.165, 1.54) is 15.3 Å². The van der Waals surface area contributed by atoms with Crippen molar-refractivity contribution in [1.82, 2.24) is 4.90 Å². The number of aryl methyl sites for hydroxylation is 1. The maximum Gasteiger partial charge on any atom is 0.323 e. The van der Waals surface area contributed by atoms with Gasteiger partial charge in [0.25, 0.3) is 0 Å². The Morgan fingerprint density at radius 1 is 1.53 bits per heavy atom. The van der Waals surface area contributed by atoms with Gasteiger partial charge < -0.3 is 10.0 Å². The molecule has 1 amide bonds. The zero-order valence-corrected chi connectivity index (χ0v) is 12.2. The van der Waals surface area contributed by atoms with Crippen LogP contribution in [-0.4, -0.2) is 34.5 Å². The molecule has 1 aromatic rings. The lowest BCUT2D eigenvalue weighted by Crippen LogP contribution is -2.41. The molecule has 2 rings (SSSR count). The minimum atomic E-state index is -0.952. The maximum absolute atomic E-state index is 12.4. The Kier molecular flexibility index (Phi) is 3.94. The number of thiophene rings is 1. The second-order valence-electron chi connectivity index (χ2n) is 5.37. The summed E-state index contributed by atoms with van der Waals surface area (Å²) in [7, 11) is 0. The van der Waals surface area contributed by atoms with Crippen molar-refractivity contribution in [2.75, 3.05) is 6.54 Å². The zero-order chi connectivity index (χ0) is 14.2. The lowest BCUT2D eigenvalue weighted by atomic mass is 10.1. The third-order valence-corrected chi connectivity index (χ3v) is 4.71. The SMILES string of the molecule is Cc1ccsc1C1CC1C(=O)N(CC(=O)O)C(C)C. The van der Waals surface area contributed by atoms with Crippen LogP contribution in [0.25, 0.3) is 0 Å². The van der Waals surface area contributed by atoms with Gasteiger partial charge in [0.1, 0.15) is 6.54 Å². The van der Waals surface area contributed by atoms with Crippen LogP contribution in [0.3, 0.4) is 0 Å². The molecule has 19 heavy (non-hydrogen) atoms. The molecule has 0 aromatic carbocycles. The molecule has 0 aliphatic heterocycles. The summed E-state index contributed by atoms with van der Waals surface area (Å²) in [5.74, 6) is -0.705. The average molecular weight is 281 g/mol. The highest BCUT2D eigenvalue weighted by Crippen LogP contribution is 2.51. The summed E-state index contributed by atoms with van der Waals surface area (Å²) in [4.78, 5) is 25.9. The molecule has 5 heteroatoms. The van der Waals surface area contributed by atoms with Gasteiger partial charge in [0.2, 0.25) is 5.91 Å². The van der Waals surface area contributed by atoms with E-state index in [0.29, 0.717) is 5.92 Å². The van der Waals surface area contributed by atoms with Crippen LogP contribution < -0.4 is 0 Å². The van der Waals surface area contributed by atoms with Crippen LogP contribution >= 0.6 is 11.3 Å². The fourth-order valence-corrected chi connectivity index (χ4v) is 3.50. The Labute approximate surface area is 117 Å². The third-order valence-electron chi connectivity index (χ3n) is 3.56. The summed E-state index contributed by atoms with van der Waals surface area (Å²) < 4.78 is 0. The van der Waals surface area contributed by atoms with Crippen LogP contribution in [-0.2, 0) is 9.59 Å². The Balaban J connectivity index is 2.05. The molecule has 2 unspecified atom stereocenters. The van der Waals surface area contributed by atoms with Crippen molar-refractivity contribution in [2.24, 2.45) is 5.92 Å². The van der Waals surface area contributed by atoms with E-state index >= 15 is 0 Å². The molecule has 1 aliphatic rings. The third kappa shape index (κ3) is 2.97. The zero-order valence-electron chi connectivity index (χ0n) is 11.4. The average Bonchev–Trinajstić information content (AvgIpc) is 3.00. The molecule has 1 aliphatic carbocycles. The minimum Gasteiger partial charge on any atom is -0.480 e. The maximum atomic E-state index is 12.4. The molecule has 2 atom stereocenters. The number of rotatable bonds is 5. The normalized spacial score (nSPS) is 21.5. The number of hydrogen-bond donors (Lipinski definition) is 1. The first-order valence-electron chi connectivity index (χ1n) is 6.48. The van der Waals surface area contributed by atoms with E-state index in [0.717, 1.165) is 6.42 Å². The van der Waals surface area contributed by atoms with E-state index in [9.17, 15) is 9.59 Å². The van der Waals surface area contributed by atoms with Gasteiger partial charge in [-0.05, 0) is 44.2 Å². The number of aliphatic carboxylic acids is 1. The van der Waals surface area contributed by atoms with Crippen molar-refractivity contribution in [3.05, 3.63) is 21.9 Å². The predicted molar refractivity (Wildman–Crippen MR) is 74.4 cm³/mol. The highest BCUT2D eigenvalue weighted by atomic mass is 32.1. The van der Waals surface area contributed by atoms with E-state index in [2.05, 4.69) is 13.0 Å². The van der Waals surface area contributed by atoms with Gasteiger partial charge in [-0.1, -0.05) is 0 Å². The first kappa shape index (κ1) is 14.1. The van der Waals surface area contributed by atoms with Gasteiger partial charge >= 0.3 is 5.97 Å².